The van der Waals surface area contributed by atoms with Gasteiger partial charge in [-0.25, -0.2) is 0 Å². The number of nitro groups is 1. The van der Waals surface area contributed by atoms with Gasteiger partial charge in [0.15, 0.2) is 0 Å². The number of carbonyl (C=O) groups excluding carboxylic acids is 1. The van der Waals surface area contributed by atoms with E-state index in [1.807, 2.05) is 0 Å². The number of rotatable bonds is 9. The maximum absolute atomic E-state index is 12.5. The van der Waals surface area contributed by atoms with E-state index in [-0.39, 0.29) is 17.3 Å². The van der Waals surface area contributed by atoms with Crippen molar-refractivity contribution in [1.82, 2.24) is 4.90 Å². The van der Waals surface area contributed by atoms with Crippen molar-refractivity contribution in [2.75, 3.05) is 32.6 Å². The molecule has 1 N–H and O–H groups in total. The molecule has 2 aromatic carbocycles. The zero-order valence-corrected chi connectivity index (χ0v) is 16.6. The number of hydrogen-bond donors (Lipinski definition) is 1. The first-order valence-electron chi connectivity index (χ1n) is 8.53. The number of methoxy groups -OCH3 is 1. The Kier molecular flexibility index (Phi) is 7.60. The number of ether oxygens (including phenoxy) is 2. The molecule has 0 saturated carbocycles. The van der Waals surface area contributed by atoms with E-state index >= 15 is 0 Å². The minimum absolute atomic E-state index is 0.119. The highest BCUT2D eigenvalue weighted by Crippen LogP contribution is 2.29. The summed E-state index contributed by atoms with van der Waals surface area (Å²) in [6.45, 7) is 2.58. The highest BCUT2D eigenvalue weighted by atomic mass is 35.5. The zero-order valence-electron chi connectivity index (χ0n) is 15.8. The molecular weight excluding hydrogens is 386 g/mol. The van der Waals surface area contributed by atoms with E-state index in [0.717, 1.165) is 0 Å². The molecule has 0 aromatic heterocycles. The lowest BCUT2D eigenvalue weighted by molar-refractivity contribution is -0.384. The van der Waals surface area contributed by atoms with E-state index < -0.39 is 11.0 Å². The Balaban J connectivity index is 1.92. The van der Waals surface area contributed by atoms with Crippen LogP contribution in [-0.4, -0.2) is 49.1 Å². The van der Waals surface area contributed by atoms with Gasteiger partial charge in [-0.15, -0.1) is 0 Å². The van der Waals surface area contributed by atoms with E-state index in [4.69, 9.17) is 21.1 Å². The molecule has 1 atom stereocenters. The first-order valence-corrected chi connectivity index (χ1v) is 8.91. The van der Waals surface area contributed by atoms with Crippen molar-refractivity contribution < 1.29 is 19.2 Å². The van der Waals surface area contributed by atoms with Gasteiger partial charge in [0.05, 0.1) is 24.1 Å². The molecule has 0 spiro atoms. The van der Waals surface area contributed by atoms with Crippen molar-refractivity contribution in [2.45, 2.75) is 13.0 Å². The molecule has 8 nitrogen and oxygen atoms in total. The van der Waals surface area contributed by atoms with Crippen LogP contribution in [0, 0.1) is 10.1 Å². The average molecular weight is 408 g/mol. The summed E-state index contributed by atoms with van der Waals surface area (Å²) in [5.74, 6) is 0.667. The number of nitrogens with one attached hydrogen (secondary N) is 1. The molecule has 28 heavy (non-hydrogen) atoms. The fourth-order valence-electron chi connectivity index (χ4n) is 2.36. The third kappa shape index (κ3) is 5.83. The standard InChI is InChI=1S/C19H22ClN3O5/c1-13(22(2)10-11-28-15-6-4-14(20)5-7-15)19(24)21-17-9-8-16(27-3)12-18(17)23(25)26/h4-9,12-13H,10-11H2,1-3H3,(H,21,24). The van der Waals surface area contributed by atoms with Gasteiger partial charge in [0.2, 0.25) is 5.91 Å². The lowest BCUT2D eigenvalue weighted by Gasteiger charge is -2.23. The summed E-state index contributed by atoms with van der Waals surface area (Å²) in [6, 6.07) is 10.8. The lowest BCUT2D eigenvalue weighted by atomic mass is 10.2. The molecule has 9 heteroatoms. The van der Waals surface area contributed by atoms with Crippen LogP contribution in [0.1, 0.15) is 6.92 Å². The number of nitro benzene ring substituents is 1. The monoisotopic (exact) mass is 407 g/mol. The minimum atomic E-state index is -0.563. The van der Waals surface area contributed by atoms with E-state index in [0.29, 0.717) is 29.7 Å². The van der Waals surface area contributed by atoms with E-state index in [1.54, 1.807) is 49.2 Å². The predicted octanol–water partition coefficient (Wildman–Crippen LogP) is 3.59. The molecule has 0 aliphatic rings. The first kappa shape index (κ1) is 21.5. The number of likely N-dealkylation sites (N-methyl/N-ethyl adjacent to an activating group) is 1. The summed E-state index contributed by atoms with van der Waals surface area (Å²) in [6.07, 6.45) is 0. The number of hydrogen-bond acceptors (Lipinski definition) is 6. The van der Waals surface area contributed by atoms with Crippen LogP contribution < -0.4 is 14.8 Å². The smallest absolute Gasteiger partial charge is 0.296 e. The molecule has 0 fully saturated rings. The number of carbonyl (C=O) groups is 1. The quantitative estimate of drug-likeness (QED) is 0.504. The maximum atomic E-state index is 12.5. The highest BCUT2D eigenvalue weighted by Gasteiger charge is 2.22. The molecule has 0 saturated heterocycles. The van der Waals surface area contributed by atoms with E-state index in [1.165, 1.54) is 19.2 Å². The Morgan fingerprint density at radius 3 is 2.50 bits per heavy atom. The molecule has 150 valence electrons. The first-order chi connectivity index (χ1) is 13.3. The molecule has 0 heterocycles. The highest BCUT2D eigenvalue weighted by molar-refractivity contribution is 6.30. The summed E-state index contributed by atoms with van der Waals surface area (Å²) >= 11 is 5.83. The van der Waals surface area contributed by atoms with Crippen LogP contribution in [-0.2, 0) is 4.79 Å². The van der Waals surface area contributed by atoms with Crippen LogP contribution in [0.15, 0.2) is 42.5 Å². The number of amides is 1. The number of anilines is 1. The third-order valence-corrected chi connectivity index (χ3v) is 4.48. The maximum Gasteiger partial charge on any atom is 0.296 e. The Labute approximate surface area is 168 Å². The molecule has 0 bridgehead atoms. The van der Waals surface area contributed by atoms with Crippen molar-refractivity contribution >= 4 is 28.9 Å². The van der Waals surface area contributed by atoms with E-state index in [9.17, 15) is 14.9 Å². The topological polar surface area (TPSA) is 93.9 Å². The minimum Gasteiger partial charge on any atom is -0.496 e. The van der Waals surface area contributed by atoms with Crippen molar-refractivity contribution in [1.29, 1.82) is 0 Å². The number of benzene rings is 2. The second-order valence-electron chi connectivity index (χ2n) is 6.09. The Bertz CT molecular complexity index is 829. The van der Waals surface area contributed by atoms with Gasteiger partial charge in [-0.3, -0.25) is 19.8 Å². The molecule has 0 aliphatic heterocycles. The van der Waals surface area contributed by atoms with Gasteiger partial charge in [-0.2, -0.15) is 0 Å². The molecule has 1 amide bonds. The summed E-state index contributed by atoms with van der Waals surface area (Å²) in [7, 11) is 3.19. The Hall–Kier alpha value is -2.84. The van der Waals surface area contributed by atoms with Crippen LogP contribution in [0.4, 0.5) is 11.4 Å². The average Bonchev–Trinajstić information content (AvgIpc) is 2.68. The molecule has 2 aromatic rings. The van der Waals surface area contributed by atoms with Crippen LogP contribution in [0.25, 0.3) is 0 Å². The molecule has 1 unspecified atom stereocenters. The summed E-state index contributed by atoms with van der Waals surface area (Å²) in [5, 5.41) is 14.5. The summed E-state index contributed by atoms with van der Waals surface area (Å²) in [5.41, 5.74) is -0.109. The van der Waals surface area contributed by atoms with Gasteiger partial charge in [0, 0.05) is 11.6 Å². The van der Waals surface area contributed by atoms with Gasteiger partial charge >= 0.3 is 0 Å². The van der Waals surface area contributed by atoms with Gasteiger partial charge in [0.25, 0.3) is 5.69 Å². The predicted molar refractivity (Wildman–Crippen MR) is 107 cm³/mol. The molecule has 0 aliphatic carbocycles. The zero-order chi connectivity index (χ0) is 20.7. The normalized spacial score (nSPS) is 11.8. The van der Waals surface area contributed by atoms with Gasteiger partial charge in [-0.1, -0.05) is 11.6 Å². The van der Waals surface area contributed by atoms with Gasteiger partial charge in [0.1, 0.15) is 23.8 Å². The van der Waals surface area contributed by atoms with Crippen molar-refractivity contribution in [3.63, 3.8) is 0 Å². The SMILES string of the molecule is COc1ccc(NC(=O)C(C)N(C)CCOc2ccc(Cl)cc2)c([N+](=O)[O-])c1. The van der Waals surface area contributed by atoms with Gasteiger partial charge in [-0.05, 0) is 50.4 Å². The van der Waals surface area contributed by atoms with Crippen molar-refractivity contribution in [2.24, 2.45) is 0 Å². The molecule has 0 radical (unpaired) electrons. The summed E-state index contributed by atoms with van der Waals surface area (Å²) < 4.78 is 10.6. The van der Waals surface area contributed by atoms with Crippen LogP contribution >= 0.6 is 11.6 Å². The number of nitrogens with zero attached hydrogens (tertiary/aromatic N) is 2. The summed E-state index contributed by atoms with van der Waals surface area (Å²) in [4.78, 5) is 25.0. The van der Waals surface area contributed by atoms with Crippen LogP contribution in [0.3, 0.4) is 0 Å². The fraction of sp³-hybridized carbons (Fsp3) is 0.316. The lowest BCUT2D eigenvalue weighted by Crippen LogP contribution is -2.41. The second kappa shape index (κ2) is 9.91. The Morgan fingerprint density at radius 1 is 1.25 bits per heavy atom. The van der Waals surface area contributed by atoms with Crippen molar-refractivity contribution in [3.8, 4) is 11.5 Å². The van der Waals surface area contributed by atoms with Crippen molar-refractivity contribution in [3.05, 3.63) is 57.6 Å². The largest absolute Gasteiger partial charge is 0.496 e. The van der Waals surface area contributed by atoms with E-state index in [2.05, 4.69) is 5.32 Å². The van der Waals surface area contributed by atoms with Crippen LogP contribution in [0.5, 0.6) is 11.5 Å². The molecular formula is C19H22ClN3O5. The third-order valence-electron chi connectivity index (χ3n) is 4.23. The van der Waals surface area contributed by atoms with Crippen LogP contribution in [0.2, 0.25) is 5.02 Å². The molecule has 2 rings (SSSR count). The number of halogens is 1. The second-order valence-corrected chi connectivity index (χ2v) is 6.52. The Morgan fingerprint density at radius 2 is 1.89 bits per heavy atom. The van der Waals surface area contributed by atoms with Gasteiger partial charge < -0.3 is 14.8 Å². The fourth-order valence-corrected chi connectivity index (χ4v) is 2.49.